The number of rotatable bonds is 6. The number of nitrogens with zero attached hydrogens (tertiary/aromatic N) is 1. The first kappa shape index (κ1) is 13.4. The van der Waals surface area contributed by atoms with Gasteiger partial charge in [0.05, 0.1) is 11.5 Å². The van der Waals surface area contributed by atoms with Crippen molar-refractivity contribution in [3.63, 3.8) is 0 Å². The lowest BCUT2D eigenvalue weighted by atomic mass is 10.1. The van der Waals surface area contributed by atoms with Crippen LogP contribution in [0.3, 0.4) is 0 Å². The van der Waals surface area contributed by atoms with E-state index in [2.05, 4.69) is 10.6 Å². The van der Waals surface area contributed by atoms with Gasteiger partial charge in [-0.05, 0) is 25.0 Å². The molecule has 0 aliphatic heterocycles. The lowest BCUT2D eigenvalue weighted by Crippen LogP contribution is -2.34. The summed E-state index contributed by atoms with van der Waals surface area (Å²) in [5, 5.41) is 16.3. The van der Waals surface area contributed by atoms with Crippen molar-refractivity contribution in [1.82, 2.24) is 10.6 Å². The van der Waals surface area contributed by atoms with Gasteiger partial charge in [0.15, 0.2) is 0 Å². The maximum absolute atomic E-state index is 13.0. The molecule has 1 aliphatic rings. The van der Waals surface area contributed by atoms with Gasteiger partial charge in [-0.15, -0.1) is 0 Å². The zero-order valence-corrected chi connectivity index (χ0v) is 10.2. The number of nitro groups is 1. The van der Waals surface area contributed by atoms with Crippen LogP contribution in [-0.4, -0.2) is 23.4 Å². The molecule has 1 aliphatic carbocycles. The summed E-state index contributed by atoms with van der Waals surface area (Å²) in [6, 6.07) is 3.54. The number of nitrogens with one attached hydrogen (secondary N) is 2. The Bertz CT molecular complexity index is 503. The quantitative estimate of drug-likeness (QED) is 0.597. The molecular formula is C12H14FN3O3. The molecule has 19 heavy (non-hydrogen) atoms. The van der Waals surface area contributed by atoms with Gasteiger partial charge in [0.1, 0.15) is 5.82 Å². The minimum atomic E-state index is -0.569. The normalized spacial score (nSPS) is 14.2. The third-order valence-electron chi connectivity index (χ3n) is 2.78. The number of carbonyl (C=O) groups excluding carboxylic acids is 1. The average molecular weight is 267 g/mol. The smallest absolute Gasteiger partial charge is 0.274 e. The molecule has 6 nitrogen and oxygen atoms in total. The van der Waals surface area contributed by atoms with Crippen LogP contribution < -0.4 is 10.6 Å². The number of carbonyl (C=O) groups is 1. The summed E-state index contributed by atoms with van der Waals surface area (Å²) < 4.78 is 13.0. The fourth-order valence-electron chi connectivity index (χ4n) is 1.69. The van der Waals surface area contributed by atoms with Crippen LogP contribution in [0.2, 0.25) is 0 Å². The van der Waals surface area contributed by atoms with Gasteiger partial charge >= 0.3 is 0 Å². The molecule has 1 aromatic carbocycles. The highest BCUT2D eigenvalue weighted by Gasteiger charge is 2.23. The molecule has 0 spiro atoms. The highest BCUT2D eigenvalue weighted by molar-refractivity contribution is 5.78. The van der Waals surface area contributed by atoms with E-state index < -0.39 is 10.7 Å². The predicted molar refractivity (Wildman–Crippen MR) is 65.9 cm³/mol. The van der Waals surface area contributed by atoms with Crippen molar-refractivity contribution < 1.29 is 14.1 Å². The van der Waals surface area contributed by atoms with E-state index in [1.165, 1.54) is 0 Å². The van der Waals surface area contributed by atoms with Crippen LogP contribution in [0.5, 0.6) is 0 Å². The first-order chi connectivity index (χ1) is 9.06. The van der Waals surface area contributed by atoms with Crippen molar-refractivity contribution in [2.75, 3.05) is 6.54 Å². The zero-order chi connectivity index (χ0) is 13.8. The van der Waals surface area contributed by atoms with Crippen LogP contribution in [0, 0.1) is 15.9 Å². The van der Waals surface area contributed by atoms with Crippen LogP contribution in [0.15, 0.2) is 18.2 Å². The van der Waals surface area contributed by atoms with Gasteiger partial charge in [-0.25, -0.2) is 4.39 Å². The zero-order valence-electron chi connectivity index (χ0n) is 10.2. The van der Waals surface area contributed by atoms with E-state index in [0.29, 0.717) is 0 Å². The van der Waals surface area contributed by atoms with E-state index in [9.17, 15) is 19.3 Å². The summed E-state index contributed by atoms with van der Waals surface area (Å²) in [5.41, 5.74) is 0.0701. The number of nitro benzene ring substituents is 1. The molecule has 1 aromatic rings. The first-order valence-corrected chi connectivity index (χ1v) is 5.99. The Labute approximate surface area is 109 Å². The predicted octanol–water partition coefficient (Wildman–Crippen LogP) is 1.10. The Hall–Kier alpha value is -2.02. The van der Waals surface area contributed by atoms with Crippen LogP contribution in [0.4, 0.5) is 10.1 Å². The van der Waals surface area contributed by atoms with E-state index in [4.69, 9.17) is 0 Å². The van der Waals surface area contributed by atoms with Crippen molar-refractivity contribution in [3.05, 3.63) is 39.7 Å². The molecule has 2 rings (SSSR count). The summed E-state index contributed by atoms with van der Waals surface area (Å²) in [4.78, 5) is 21.6. The van der Waals surface area contributed by atoms with Crippen molar-refractivity contribution in [3.8, 4) is 0 Å². The second-order valence-electron chi connectivity index (χ2n) is 4.48. The molecule has 0 radical (unpaired) electrons. The van der Waals surface area contributed by atoms with Gasteiger partial charge in [-0.3, -0.25) is 14.9 Å². The minimum absolute atomic E-state index is 0.0597. The number of hydrogen-bond acceptors (Lipinski definition) is 4. The summed E-state index contributed by atoms with van der Waals surface area (Å²) in [5.74, 6) is -0.689. The molecule has 0 bridgehead atoms. The maximum atomic E-state index is 13.0. The Kier molecular flexibility index (Phi) is 4.06. The van der Waals surface area contributed by atoms with E-state index in [1.54, 1.807) is 0 Å². The first-order valence-electron chi connectivity index (χ1n) is 5.99. The minimum Gasteiger partial charge on any atom is -0.352 e. The number of hydrogen-bond donors (Lipinski definition) is 2. The molecule has 0 heterocycles. The number of amides is 1. The van der Waals surface area contributed by atoms with Crippen molar-refractivity contribution in [2.45, 2.75) is 25.4 Å². The average Bonchev–Trinajstić information content (AvgIpc) is 3.12. The molecule has 102 valence electrons. The SMILES string of the molecule is O=C(CNCc1cc(F)ccc1[N+](=O)[O-])NC1CC1. The molecule has 1 fully saturated rings. The largest absolute Gasteiger partial charge is 0.352 e. The molecule has 0 unspecified atom stereocenters. The Morgan fingerprint density at radius 2 is 2.21 bits per heavy atom. The molecule has 1 amide bonds. The monoisotopic (exact) mass is 267 g/mol. The van der Waals surface area contributed by atoms with Crippen LogP contribution in [0.25, 0.3) is 0 Å². The Morgan fingerprint density at radius 1 is 1.47 bits per heavy atom. The second-order valence-corrected chi connectivity index (χ2v) is 4.48. The molecular weight excluding hydrogens is 253 g/mol. The standard InChI is InChI=1S/C12H14FN3O3/c13-9-1-4-11(16(18)19)8(5-9)6-14-7-12(17)15-10-2-3-10/h1,4-5,10,14H,2-3,6-7H2,(H,15,17). The van der Waals surface area contributed by atoms with Crippen LogP contribution in [-0.2, 0) is 11.3 Å². The third-order valence-corrected chi connectivity index (χ3v) is 2.78. The van der Waals surface area contributed by atoms with Crippen LogP contribution >= 0.6 is 0 Å². The van der Waals surface area contributed by atoms with Gasteiger partial charge < -0.3 is 10.6 Å². The Balaban J connectivity index is 1.88. The summed E-state index contributed by atoms with van der Waals surface area (Å²) in [6.07, 6.45) is 2.00. The van der Waals surface area contributed by atoms with Gasteiger partial charge in [0.2, 0.25) is 5.91 Å². The molecule has 0 saturated heterocycles. The molecule has 1 saturated carbocycles. The maximum Gasteiger partial charge on any atom is 0.274 e. The number of benzene rings is 1. The van der Waals surface area contributed by atoms with Crippen molar-refractivity contribution in [2.24, 2.45) is 0 Å². The molecule has 2 N–H and O–H groups in total. The molecule has 7 heteroatoms. The Morgan fingerprint density at radius 3 is 2.84 bits per heavy atom. The highest BCUT2D eigenvalue weighted by atomic mass is 19.1. The fourth-order valence-corrected chi connectivity index (χ4v) is 1.69. The molecule has 0 atom stereocenters. The van der Waals surface area contributed by atoms with Gasteiger partial charge in [0.25, 0.3) is 5.69 Å². The summed E-state index contributed by atoms with van der Waals surface area (Å²) >= 11 is 0. The summed E-state index contributed by atoms with van der Waals surface area (Å²) in [7, 11) is 0. The van der Waals surface area contributed by atoms with Gasteiger partial charge in [0, 0.05) is 24.2 Å². The van der Waals surface area contributed by atoms with E-state index >= 15 is 0 Å². The lowest BCUT2D eigenvalue weighted by Gasteiger charge is -2.06. The fraction of sp³-hybridized carbons (Fsp3) is 0.417. The number of halogens is 1. The highest BCUT2D eigenvalue weighted by Crippen LogP contribution is 2.19. The van der Waals surface area contributed by atoms with Gasteiger partial charge in [-0.1, -0.05) is 0 Å². The van der Waals surface area contributed by atoms with Gasteiger partial charge in [-0.2, -0.15) is 0 Å². The van der Waals surface area contributed by atoms with E-state index in [0.717, 1.165) is 31.0 Å². The van der Waals surface area contributed by atoms with E-state index in [1.807, 2.05) is 0 Å². The lowest BCUT2D eigenvalue weighted by molar-refractivity contribution is -0.385. The second kappa shape index (κ2) is 5.75. The molecule has 0 aromatic heterocycles. The summed E-state index contributed by atoms with van der Waals surface area (Å²) in [6.45, 7) is 0.135. The van der Waals surface area contributed by atoms with E-state index in [-0.39, 0.29) is 36.3 Å². The third kappa shape index (κ3) is 3.99. The van der Waals surface area contributed by atoms with Crippen molar-refractivity contribution >= 4 is 11.6 Å². The topological polar surface area (TPSA) is 84.3 Å². The van der Waals surface area contributed by atoms with Crippen LogP contribution in [0.1, 0.15) is 18.4 Å². The van der Waals surface area contributed by atoms with Crippen molar-refractivity contribution in [1.29, 1.82) is 0 Å².